The standard InChI is InChI=1S/C27H25N5S/c1-31(2)22-15-13-20(14-16-22)23-17-25(30-27(33)29-23)32-18-24(19-9-5-3-6-10-19)28-26(32)21-11-7-4-8-12-21/h3-18,23H,1-2H3,(H2,29,30,33). The lowest BCUT2D eigenvalue weighted by atomic mass is 10.0. The third-order valence-corrected chi connectivity index (χ3v) is 5.91. The summed E-state index contributed by atoms with van der Waals surface area (Å²) in [6, 6.07) is 28.9. The highest BCUT2D eigenvalue weighted by molar-refractivity contribution is 7.80. The van der Waals surface area contributed by atoms with Crippen LogP contribution >= 0.6 is 12.2 Å². The summed E-state index contributed by atoms with van der Waals surface area (Å²) in [7, 11) is 4.08. The molecule has 0 aliphatic carbocycles. The molecule has 33 heavy (non-hydrogen) atoms. The van der Waals surface area contributed by atoms with Crippen molar-refractivity contribution >= 4 is 28.8 Å². The summed E-state index contributed by atoms with van der Waals surface area (Å²) in [6.07, 6.45) is 4.22. The van der Waals surface area contributed by atoms with E-state index in [9.17, 15) is 0 Å². The van der Waals surface area contributed by atoms with Crippen molar-refractivity contribution in [3.8, 4) is 22.6 Å². The number of nitrogens with one attached hydrogen (secondary N) is 2. The molecule has 0 fully saturated rings. The van der Waals surface area contributed by atoms with Gasteiger partial charge in [-0.05, 0) is 36.0 Å². The van der Waals surface area contributed by atoms with Crippen molar-refractivity contribution in [1.29, 1.82) is 0 Å². The molecule has 3 aromatic carbocycles. The molecule has 0 spiro atoms. The lowest BCUT2D eigenvalue weighted by Crippen LogP contribution is -2.42. The predicted molar refractivity (Wildman–Crippen MR) is 140 cm³/mol. The Labute approximate surface area is 199 Å². The van der Waals surface area contributed by atoms with E-state index in [4.69, 9.17) is 17.2 Å². The number of rotatable bonds is 5. The van der Waals surface area contributed by atoms with Crippen molar-refractivity contribution in [3.05, 3.63) is 103 Å². The van der Waals surface area contributed by atoms with Gasteiger partial charge < -0.3 is 15.5 Å². The average Bonchev–Trinajstić information content (AvgIpc) is 3.31. The van der Waals surface area contributed by atoms with Gasteiger partial charge in [0.15, 0.2) is 5.11 Å². The van der Waals surface area contributed by atoms with Crippen LogP contribution in [0.4, 0.5) is 5.69 Å². The van der Waals surface area contributed by atoms with E-state index >= 15 is 0 Å². The van der Waals surface area contributed by atoms with Crippen molar-refractivity contribution in [2.75, 3.05) is 19.0 Å². The van der Waals surface area contributed by atoms with Gasteiger partial charge in [-0.3, -0.25) is 4.57 Å². The first kappa shape index (κ1) is 21.0. The van der Waals surface area contributed by atoms with E-state index in [2.05, 4.69) is 80.9 Å². The van der Waals surface area contributed by atoms with E-state index in [1.165, 1.54) is 0 Å². The molecule has 0 amide bonds. The smallest absolute Gasteiger partial charge is 0.172 e. The van der Waals surface area contributed by atoms with Crippen LogP contribution < -0.4 is 15.5 Å². The van der Waals surface area contributed by atoms with E-state index < -0.39 is 0 Å². The van der Waals surface area contributed by atoms with Crippen LogP contribution in [0.3, 0.4) is 0 Å². The van der Waals surface area contributed by atoms with E-state index in [0.717, 1.165) is 39.7 Å². The Morgan fingerprint density at radius 2 is 1.48 bits per heavy atom. The van der Waals surface area contributed by atoms with Crippen molar-refractivity contribution < 1.29 is 0 Å². The largest absolute Gasteiger partial charge is 0.378 e. The van der Waals surface area contributed by atoms with Crippen molar-refractivity contribution in [2.45, 2.75) is 6.04 Å². The second-order valence-corrected chi connectivity index (χ2v) is 8.57. The molecule has 0 bridgehead atoms. The fourth-order valence-corrected chi connectivity index (χ4v) is 4.17. The first-order valence-corrected chi connectivity index (χ1v) is 11.3. The minimum atomic E-state index is -0.0452. The Morgan fingerprint density at radius 3 is 2.12 bits per heavy atom. The molecule has 1 aliphatic heterocycles. The Balaban J connectivity index is 1.59. The van der Waals surface area contributed by atoms with Gasteiger partial charge in [0, 0.05) is 37.1 Å². The number of imidazole rings is 1. The molecule has 1 unspecified atom stereocenters. The lowest BCUT2D eigenvalue weighted by molar-refractivity contribution is 0.749. The summed E-state index contributed by atoms with van der Waals surface area (Å²) in [5, 5.41) is 7.29. The summed E-state index contributed by atoms with van der Waals surface area (Å²) in [4.78, 5) is 7.08. The van der Waals surface area contributed by atoms with Crippen molar-refractivity contribution in [2.24, 2.45) is 0 Å². The zero-order valence-electron chi connectivity index (χ0n) is 18.6. The molecule has 1 atom stereocenters. The van der Waals surface area contributed by atoms with Crippen molar-refractivity contribution in [1.82, 2.24) is 20.2 Å². The Bertz CT molecular complexity index is 1290. The molecule has 0 saturated carbocycles. The lowest BCUT2D eigenvalue weighted by Gasteiger charge is -2.27. The number of hydrogen-bond donors (Lipinski definition) is 2. The van der Waals surface area contributed by atoms with Gasteiger partial charge >= 0.3 is 0 Å². The van der Waals surface area contributed by atoms with Crippen LogP contribution in [0.15, 0.2) is 97.2 Å². The highest BCUT2D eigenvalue weighted by atomic mass is 32.1. The van der Waals surface area contributed by atoms with Gasteiger partial charge in [-0.25, -0.2) is 4.98 Å². The molecular formula is C27H25N5S. The number of nitrogens with zero attached hydrogens (tertiary/aromatic N) is 3. The van der Waals surface area contributed by atoms with Crippen LogP contribution in [0.2, 0.25) is 0 Å². The van der Waals surface area contributed by atoms with Gasteiger partial charge in [0.2, 0.25) is 0 Å². The second kappa shape index (κ2) is 8.92. The maximum atomic E-state index is 5.58. The average molecular weight is 452 g/mol. The predicted octanol–water partition coefficient (Wildman–Crippen LogP) is 5.30. The number of thiocarbonyl (C=S) groups is 1. The molecule has 0 radical (unpaired) electrons. The van der Waals surface area contributed by atoms with Crippen LogP contribution in [0, 0.1) is 0 Å². The Morgan fingerprint density at radius 1 is 0.848 bits per heavy atom. The highest BCUT2D eigenvalue weighted by Crippen LogP contribution is 2.29. The van der Waals surface area contributed by atoms with Crippen LogP contribution in [-0.4, -0.2) is 28.8 Å². The SMILES string of the molecule is CN(C)c1ccc(C2C=C(n3cc(-c4ccccc4)nc3-c3ccccc3)NC(=S)N2)cc1. The van der Waals surface area contributed by atoms with Gasteiger partial charge in [0.05, 0.1) is 11.7 Å². The summed E-state index contributed by atoms with van der Waals surface area (Å²) in [5.74, 6) is 1.74. The molecule has 2 heterocycles. The fraction of sp³-hybridized carbons (Fsp3) is 0.111. The van der Waals surface area contributed by atoms with Crippen LogP contribution in [0.25, 0.3) is 28.5 Å². The van der Waals surface area contributed by atoms with Gasteiger partial charge in [-0.15, -0.1) is 0 Å². The Kier molecular flexibility index (Phi) is 5.67. The molecule has 5 nitrogen and oxygen atoms in total. The molecule has 4 aromatic rings. The summed E-state index contributed by atoms with van der Waals surface area (Å²) >= 11 is 5.58. The molecule has 6 heteroatoms. The number of benzene rings is 3. The van der Waals surface area contributed by atoms with Gasteiger partial charge in [-0.2, -0.15) is 0 Å². The first-order valence-electron chi connectivity index (χ1n) is 10.9. The van der Waals surface area contributed by atoms with E-state index in [0.29, 0.717) is 5.11 Å². The topological polar surface area (TPSA) is 45.1 Å². The number of hydrogen-bond acceptors (Lipinski definition) is 3. The quantitative estimate of drug-likeness (QED) is 0.403. The maximum Gasteiger partial charge on any atom is 0.172 e. The van der Waals surface area contributed by atoms with Gasteiger partial charge in [-0.1, -0.05) is 72.8 Å². The minimum Gasteiger partial charge on any atom is -0.378 e. The molecule has 2 N–H and O–H groups in total. The zero-order valence-corrected chi connectivity index (χ0v) is 19.4. The fourth-order valence-electron chi connectivity index (χ4n) is 3.94. The third-order valence-electron chi connectivity index (χ3n) is 5.69. The van der Waals surface area contributed by atoms with Crippen LogP contribution in [-0.2, 0) is 0 Å². The highest BCUT2D eigenvalue weighted by Gasteiger charge is 2.22. The summed E-state index contributed by atoms with van der Waals surface area (Å²) < 4.78 is 2.09. The van der Waals surface area contributed by atoms with Crippen LogP contribution in [0.5, 0.6) is 0 Å². The molecule has 5 rings (SSSR count). The molecule has 1 aliphatic rings. The third kappa shape index (κ3) is 4.38. The summed E-state index contributed by atoms with van der Waals surface area (Å²) in [6.45, 7) is 0. The maximum absolute atomic E-state index is 5.58. The Hall–Kier alpha value is -3.90. The minimum absolute atomic E-state index is 0.0452. The summed E-state index contributed by atoms with van der Waals surface area (Å²) in [5.41, 5.74) is 5.33. The first-order chi connectivity index (χ1) is 16.1. The molecular weight excluding hydrogens is 426 g/mol. The second-order valence-electron chi connectivity index (χ2n) is 8.17. The van der Waals surface area contributed by atoms with E-state index in [-0.39, 0.29) is 6.04 Å². The normalized spacial score (nSPS) is 15.4. The van der Waals surface area contributed by atoms with Gasteiger partial charge in [0.1, 0.15) is 11.6 Å². The number of anilines is 1. The zero-order chi connectivity index (χ0) is 22.8. The molecule has 0 saturated heterocycles. The van der Waals surface area contributed by atoms with Gasteiger partial charge in [0.25, 0.3) is 0 Å². The molecule has 164 valence electrons. The van der Waals surface area contributed by atoms with E-state index in [1.807, 2.05) is 50.5 Å². The van der Waals surface area contributed by atoms with E-state index in [1.54, 1.807) is 0 Å². The van der Waals surface area contributed by atoms with Crippen molar-refractivity contribution in [3.63, 3.8) is 0 Å². The monoisotopic (exact) mass is 451 g/mol. The number of aromatic nitrogens is 2. The van der Waals surface area contributed by atoms with Crippen LogP contribution in [0.1, 0.15) is 11.6 Å². The molecule has 1 aromatic heterocycles.